The summed E-state index contributed by atoms with van der Waals surface area (Å²) < 4.78 is 13.7. The third-order valence-electron chi connectivity index (χ3n) is 6.52. The normalized spacial score (nSPS) is 20.8. The van der Waals surface area contributed by atoms with Gasteiger partial charge < -0.3 is 0 Å². The standard InChI is InChI=1S/C28H31FN2O/c1-20-18-31(21(2)17-30(20)19-23-8-7-11-27(29)16-23)28(25-9-5-4-6-10-25)26-14-12-24(13-15-26)22(3)32/h4-16,20-21,28H,17-19H2,1-3H3. The van der Waals surface area contributed by atoms with E-state index in [1.165, 1.54) is 17.2 Å². The lowest BCUT2D eigenvalue weighted by Gasteiger charge is -2.47. The lowest BCUT2D eigenvalue weighted by Crippen LogP contribution is -2.56. The van der Waals surface area contributed by atoms with E-state index in [0.717, 1.165) is 30.8 Å². The smallest absolute Gasteiger partial charge is 0.159 e. The first kappa shape index (κ1) is 22.4. The van der Waals surface area contributed by atoms with Gasteiger partial charge in [0.2, 0.25) is 0 Å². The molecule has 4 rings (SSSR count). The third kappa shape index (κ3) is 4.98. The Morgan fingerprint density at radius 2 is 1.59 bits per heavy atom. The summed E-state index contributed by atoms with van der Waals surface area (Å²) in [5.41, 5.74) is 4.19. The van der Waals surface area contributed by atoms with Crippen molar-refractivity contribution in [1.82, 2.24) is 9.80 Å². The summed E-state index contributed by atoms with van der Waals surface area (Å²) in [6, 6.07) is 26.3. The van der Waals surface area contributed by atoms with Crippen molar-refractivity contribution in [2.45, 2.75) is 45.4 Å². The molecule has 4 heteroatoms. The highest BCUT2D eigenvalue weighted by atomic mass is 19.1. The zero-order chi connectivity index (χ0) is 22.7. The Bertz CT molecular complexity index is 1050. The highest BCUT2D eigenvalue weighted by molar-refractivity contribution is 5.94. The molecule has 0 radical (unpaired) electrons. The molecular weight excluding hydrogens is 399 g/mol. The van der Waals surface area contributed by atoms with Gasteiger partial charge in [-0.05, 0) is 49.6 Å². The zero-order valence-electron chi connectivity index (χ0n) is 19.0. The zero-order valence-corrected chi connectivity index (χ0v) is 19.0. The van der Waals surface area contributed by atoms with Crippen LogP contribution in [0.2, 0.25) is 0 Å². The van der Waals surface area contributed by atoms with E-state index < -0.39 is 0 Å². The van der Waals surface area contributed by atoms with Gasteiger partial charge in [0.15, 0.2) is 5.78 Å². The number of piperazine rings is 1. The van der Waals surface area contributed by atoms with Gasteiger partial charge in [-0.1, -0.05) is 66.7 Å². The molecule has 0 spiro atoms. The summed E-state index contributed by atoms with van der Waals surface area (Å²) in [5.74, 6) is -0.0965. The maximum Gasteiger partial charge on any atom is 0.159 e. The Labute approximate surface area is 190 Å². The highest BCUT2D eigenvalue weighted by Gasteiger charge is 2.34. The van der Waals surface area contributed by atoms with E-state index in [0.29, 0.717) is 12.1 Å². The van der Waals surface area contributed by atoms with E-state index in [2.05, 4.69) is 60.0 Å². The summed E-state index contributed by atoms with van der Waals surface area (Å²) >= 11 is 0. The first-order chi connectivity index (χ1) is 15.4. The number of Topliss-reactive ketones (excluding diaryl/α,β-unsaturated/α-hetero) is 1. The number of carbonyl (C=O) groups is 1. The van der Waals surface area contributed by atoms with Crippen molar-refractivity contribution >= 4 is 5.78 Å². The lowest BCUT2D eigenvalue weighted by molar-refractivity contribution is 0.0195. The lowest BCUT2D eigenvalue weighted by atomic mass is 9.92. The molecule has 1 aliphatic rings. The molecule has 1 heterocycles. The summed E-state index contributed by atoms with van der Waals surface area (Å²) in [4.78, 5) is 16.8. The van der Waals surface area contributed by atoms with Crippen molar-refractivity contribution in [3.63, 3.8) is 0 Å². The van der Waals surface area contributed by atoms with Gasteiger partial charge in [-0.15, -0.1) is 0 Å². The molecule has 3 nitrogen and oxygen atoms in total. The van der Waals surface area contributed by atoms with Crippen LogP contribution < -0.4 is 0 Å². The van der Waals surface area contributed by atoms with Crippen molar-refractivity contribution in [1.29, 1.82) is 0 Å². The second-order valence-corrected chi connectivity index (χ2v) is 8.95. The van der Waals surface area contributed by atoms with Crippen molar-refractivity contribution in [2.24, 2.45) is 0 Å². The number of ketones is 1. The van der Waals surface area contributed by atoms with Gasteiger partial charge in [0.05, 0.1) is 6.04 Å². The second kappa shape index (κ2) is 9.76. The average Bonchev–Trinajstić information content (AvgIpc) is 2.78. The van der Waals surface area contributed by atoms with Gasteiger partial charge in [-0.25, -0.2) is 4.39 Å². The minimum atomic E-state index is -0.181. The van der Waals surface area contributed by atoms with Crippen LogP contribution in [-0.2, 0) is 6.54 Å². The Hall–Kier alpha value is -2.82. The number of benzene rings is 3. The number of rotatable bonds is 6. The van der Waals surface area contributed by atoms with Gasteiger partial charge in [0.25, 0.3) is 0 Å². The number of halogens is 1. The SMILES string of the molecule is CC(=O)c1ccc(C(c2ccccc2)N2CC(C)N(Cc3cccc(F)c3)CC2C)cc1. The van der Waals surface area contributed by atoms with Gasteiger partial charge >= 0.3 is 0 Å². The predicted octanol–water partition coefficient (Wildman–Crippen LogP) is 5.71. The highest BCUT2D eigenvalue weighted by Crippen LogP contribution is 2.33. The Morgan fingerprint density at radius 3 is 2.25 bits per heavy atom. The van der Waals surface area contributed by atoms with E-state index in [1.807, 2.05) is 24.3 Å². The Kier molecular flexibility index (Phi) is 6.83. The van der Waals surface area contributed by atoms with Crippen LogP contribution in [0.25, 0.3) is 0 Å². The van der Waals surface area contributed by atoms with Gasteiger partial charge in [0, 0.05) is 37.3 Å². The molecule has 1 aliphatic heterocycles. The first-order valence-electron chi connectivity index (χ1n) is 11.3. The van der Waals surface area contributed by atoms with Crippen LogP contribution >= 0.6 is 0 Å². The molecule has 1 fully saturated rings. The quantitative estimate of drug-likeness (QED) is 0.468. The number of nitrogens with zero attached hydrogens (tertiary/aromatic N) is 2. The maximum atomic E-state index is 13.7. The molecule has 0 bridgehead atoms. The Balaban J connectivity index is 1.60. The van der Waals surface area contributed by atoms with E-state index in [4.69, 9.17) is 0 Å². The molecule has 0 aromatic heterocycles. The van der Waals surface area contributed by atoms with Crippen LogP contribution in [0.4, 0.5) is 4.39 Å². The van der Waals surface area contributed by atoms with Gasteiger partial charge in [0.1, 0.15) is 5.82 Å². The van der Waals surface area contributed by atoms with Crippen LogP contribution in [0.15, 0.2) is 78.9 Å². The molecule has 1 saturated heterocycles. The maximum absolute atomic E-state index is 13.7. The van der Waals surface area contributed by atoms with Crippen molar-refractivity contribution < 1.29 is 9.18 Å². The van der Waals surface area contributed by atoms with E-state index in [1.54, 1.807) is 19.1 Å². The third-order valence-corrected chi connectivity index (χ3v) is 6.52. The largest absolute Gasteiger partial charge is 0.295 e. The summed E-state index contributed by atoms with van der Waals surface area (Å²) in [6.07, 6.45) is 0. The number of carbonyl (C=O) groups excluding carboxylic acids is 1. The van der Waals surface area contributed by atoms with Crippen molar-refractivity contribution in [3.05, 3.63) is 107 Å². The fourth-order valence-electron chi connectivity index (χ4n) is 4.79. The molecule has 0 saturated carbocycles. The predicted molar refractivity (Wildman–Crippen MR) is 127 cm³/mol. The summed E-state index contributed by atoms with van der Waals surface area (Å²) in [5, 5.41) is 0. The van der Waals surface area contributed by atoms with Gasteiger partial charge in [-0.2, -0.15) is 0 Å². The van der Waals surface area contributed by atoms with E-state index >= 15 is 0 Å². The molecule has 0 aliphatic carbocycles. The van der Waals surface area contributed by atoms with Gasteiger partial charge in [-0.3, -0.25) is 14.6 Å². The monoisotopic (exact) mass is 430 g/mol. The molecule has 0 N–H and O–H groups in total. The van der Waals surface area contributed by atoms with Crippen LogP contribution in [0.3, 0.4) is 0 Å². The molecular formula is C28H31FN2O. The average molecular weight is 431 g/mol. The first-order valence-corrected chi connectivity index (χ1v) is 11.3. The molecule has 3 aromatic carbocycles. The summed E-state index contributed by atoms with van der Waals surface area (Å²) in [6.45, 7) is 8.69. The van der Waals surface area contributed by atoms with Crippen LogP contribution in [0.5, 0.6) is 0 Å². The van der Waals surface area contributed by atoms with E-state index in [9.17, 15) is 9.18 Å². The van der Waals surface area contributed by atoms with Crippen LogP contribution in [0, 0.1) is 5.82 Å². The van der Waals surface area contributed by atoms with Crippen LogP contribution in [0.1, 0.15) is 53.9 Å². The molecule has 3 atom stereocenters. The molecule has 166 valence electrons. The molecule has 0 amide bonds. The fourth-order valence-corrected chi connectivity index (χ4v) is 4.79. The number of hydrogen-bond acceptors (Lipinski definition) is 3. The van der Waals surface area contributed by atoms with Crippen molar-refractivity contribution in [3.8, 4) is 0 Å². The molecule has 3 unspecified atom stereocenters. The molecule has 32 heavy (non-hydrogen) atoms. The topological polar surface area (TPSA) is 23.6 Å². The van der Waals surface area contributed by atoms with Crippen molar-refractivity contribution in [2.75, 3.05) is 13.1 Å². The van der Waals surface area contributed by atoms with Crippen LogP contribution in [-0.4, -0.2) is 40.8 Å². The number of hydrogen-bond donors (Lipinski definition) is 0. The minimum absolute atomic E-state index is 0.0840. The fraction of sp³-hybridized carbons (Fsp3) is 0.321. The minimum Gasteiger partial charge on any atom is -0.295 e. The molecule has 3 aromatic rings. The van der Waals surface area contributed by atoms with E-state index in [-0.39, 0.29) is 17.6 Å². The Morgan fingerprint density at radius 1 is 0.906 bits per heavy atom. The second-order valence-electron chi connectivity index (χ2n) is 8.95. The summed E-state index contributed by atoms with van der Waals surface area (Å²) in [7, 11) is 0.